The number of carboxylic acids is 1. The number of carbonyl (C=O) groups excluding carboxylic acids is 2. The molecule has 0 saturated carbocycles. The summed E-state index contributed by atoms with van der Waals surface area (Å²) in [6.45, 7) is -3.49. The number of benzene rings is 4. The van der Waals surface area contributed by atoms with Crippen LogP contribution in [0.4, 0.5) is 5.69 Å². The smallest absolute Gasteiger partial charge is 0.337 e. The molecular formula is C56H58Cl2N6O19P3+. The van der Waals surface area contributed by atoms with Crippen molar-refractivity contribution in [3.63, 3.8) is 0 Å². The molecule has 1 aromatic heterocycles. The molecule has 6 N–H and O–H groups in total. The van der Waals surface area contributed by atoms with E-state index >= 15 is 0 Å². The molecule has 86 heavy (non-hydrogen) atoms. The Morgan fingerprint density at radius 1 is 0.907 bits per heavy atom. The van der Waals surface area contributed by atoms with Gasteiger partial charge in [-0.05, 0) is 80.0 Å². The maximum Gasteiger partial charge on any atom is 0.337 e. The molecule has 0 bridgehead atoms. The number of hydrogen-bond acceptors (Lipinski definition) is 19. The van der Waals surface area contributed by atoms with Crippen molar-refractivity contribution in [2.45, 2.75) is 89.5 Å². The number of carbonyl (C=O) groups is 3. The average Bonchev–Trinajstić information content (AvgIpc) is 1.40. The van der Waals surface area contributed by atoms with Gasteiger partial charge in [0.25, 0.3) is 11.8 Å². The summed E-state index contributed by atoms with van der Waals surface area (Å²) in [4.78, 5) is 94.3. The molecule has 11 rings (SSSR count). The Kier molecular flexibility index (Phi) is 18.1. The maximum absolute atomic E-state index is 14.0. The summed E-state index contributed by atoms with van der Waals surface area (Å²) >= 11 is 14.4. The minimum atomic E-state index is -6.54. The Labute approximate surface area is 502 Å². The van der Waals surface area contributed by atoms with Gasteiger partial charge in [-0.25, -0.2) is 9.37 Å². The zero-order chi connectivity index (χ0) is 60.6. The molecule has 5 aromatic rings. The number of rotatable bonds is 20. The largest absolute Gasteiger partial charge is 0.478 e. The fraction of sp³-hybridized carbons (Fsp3) is 0.393. The predicted octanol–water partition coefficient (Wildman–Crippen LogP) is 5.08. The molecule has 0 spiro atoms. The van der Waals surface area contributed by atoms with E-state index in [4.69, 9.17) is 47.2 Å². The molecule has 2 amide bonds. The van der Waals surface area contributed by atoms with Crippen LogP contribution in [0, 0.1) is 11.8 Å². The third-order valence-electron chi connectivity index (χ3n) is 16.2. The molecule has 1 saturated heterocycles. The molecule has 0 aliphatic carbocycles. The second-order valence-electron chi connectivity index (χ2n) is 21.3. The molecule has 1 fully saturated rings. The Bertz CT molecular complexity index is 3990. The second kappa shape index (κ2) is 25.4. The third-order valence-corrected chi connectivity index (χ3v) is 26.6. The normalized spacial score (nSPS) is 18.2. The molecule has 2 unspecified atom stereocenters. The van der Waals surface area contributed by atoms with Crippen LogP contribution < -0.4 is 56.5 Å². The number of nitrogens with one attached hydrogen (secondary N) is 3. The molecule has 6 aliphatic heterocycles. The van der Waals surface area contributed by atoms with Crippen LogP contribution in [0.3, 0.4) is 0 Å². The van der Waals surface area contributed by atoms with Gasteiger partial charge in [-0.15, -0.1) is 0 Å². The first kappa shape index (κ1) is 61.3. The maximum atomic E-state index is 14.0. The Hall–Kier alpha value is -6.39. The number of hydrogen-bond donors (Lipinski definition) is 6. The van der Waals surface area contributed by atoms with Crippen LogP contribution in [0.5, 0.6) is 11.5 Å². The zero-order valence-corrected chi connectivity index (χ0v) is 49.9. The minimum absolute atomic E-state index is 0. The number of anilines is 1. The van der Waals surface area contributed by atoms with Gasteiger partial charge in [-0.2, -0.15) is 0 Å². The number of nitrogens with zero attached hydrogens (tertiary/aromatic N) is 3. The summed E-state index contributed by atoms with van der Waals surface area (Å²) in [5, 5.41) is 39.6. The van der Waals surface area contributed by atoms with Gasteiger partial charge in [0, 0.05) is 84.7 Å². The van der Waals surface area contributed by atoms with Gasteiger partial charge in [-0.3, -0.25) is 9.59 Å². The third kappa shape index (κ3) is 11.3. The van der Waals surface area contributed by atoms with Crippen molar-refractivity contribution in [3.8, 4) is 23.3 Å². The number of aryl methyl sites for hydroxylation is 2. The van der Waals surface area contributed by atoms with Gasteiger partial charge in [0.2, 0.25) is 5.36 Å². The van der Waals surface area contributed by atoms with Crippen LogP contribution in [0.15, 0.2) is 58.3 Å². The molecule has 7 heterocycles. The first-order valence-electron chi connectivity index (χ1n) is 27.6. The van der Waals surface area contributed by atoms with Crippen molar-refractivity contribution in [1.82, 2.24) is 24.8 Å². The van der Waals surface area contributed by atoms with Gasteiger partial charge < -0.3 is 30.1 Å². The number of ether oxygens (including phenoxy) is 3. The number of fused-ring (bicyclic) bond motifs is 4. The summed E-state index contributed by atoms with van der Waals surface area (Å²) in [5.74, 6) is 4.54. The SMILES string of the molecule is O=C(NCCOCC#CCc1cn([C@H]2CC[C@@H](COP(OO)(OOO)([P+](=O)[O-])[P+](=O)[O-])O2)c(=O)[nH]c1=O)c1ccc(CNC(=O)c2cc(Cl)c(C3=c4cc5c6c(c4Oc4c3cc3c7c4CCCN7CCC3)CCC[N+]=6CCC5)c(C(=O)O)c2Cl)cc1.[HH]. The van der Waals surface area contributed by atoms with Crippen molar-refractivity contribution >= 4 is 74.3 Å². The van der Waals surface area contributed by atoms with E-state index in [1.54, 1.807) is 24.3 Å². The van der Waals surface area contributed by atoms with Crippen LogP contribution in [-0.4, -0.2) is 102 Å². The zero-order valence-electron chi connectivity index (χ0n) is 45.7. The number of carboxylic acid groups (broad SMARTS) is 1. The molecule has 4 aromatic carbocycles. The van der Waals surface area contributed by atoms with Gasteiger partial charge in [0.15, 0.2) is 0 Å². The minimum Gasteiger partial charge on any atom is -0.478 e. The summed E-state index contributed by atoms with van der Waals surface area (Å²) in [6, 6.07) is 12.2. The molecular weight excluding hydrogens is 1220 g/mol. The number of aromatic amines is 1. The summed E-state index contributed by atoms with van der Waals surface area (Å²) < 4.78 is 58.2. The Morgan fingerprint density at radius 2 is 1.64 bits per heavy atom. The molecule has 25 nitrogen and oxygen atoms in total. The van der Waals surface area contributed by atoms with E-state index in [1.165, 1.54) is 34.4 Å². The van der Waals surface area contributed by atoms with Crippen LogP contribution in [0.2, 0.25) is 10.0 Å². The van der Waals surface area contributed by atoms with Crippen LogP contribution in [0.1, 0.15) is 122 Å². The number of amides is 2. The van der Waals surface area contributed by atoms with E-state index in [-0.39, 0.29) is 79.3 Å². The van der Waals surface area contributed by atoms with Gasteiger partial charge in [-0.1, -0.05) is 35.3 Å². The predicted molar refractivity (Wildman–Crippen MR) is 309 cm³/mol. The Balaban J connectivity index is 0.00000838. The number of halogens is 2. The number of H-pyrrole nitrogens is 1. The van der Waals surface area contributed by atoms with Crippen molar-refractivity contribution in [2.24, 2.45) is 0 Å². The first-order valence-corrected chi connectivity index (χ1v) is 34.1. The summed E-state index contributed by atoms with van der Waals surface area (Å²) in [5.41, 5.74) is 6.45. The fourth-order valence-corrected chi connectivity index (χ4v) is 17.3. The monoisotopic (exact) mass is 1280 g/mol. The topological polar surface area (TPSA) is 342 Å². The van der Waals surface area contributed by atoms with Crippen molar-refractivity contribution in [1.29, 1.82) is 0 Å². The van der Waals surface area contributed by atoms with Gasteiger partial charge in [0.1, 0.15) is 24.6 Å². The van der Waals surface area contributed by atoms with E-state index in [9.17, 15) is 53.3 Å². The van der Waals surface area contributed by atoms with E-state index in [0.717, 1.165) is 116 Å². The molecule has 454 valence electrons. The molecule has 6 aliphatic rings. The second-order valence-corrected chi connectivity index (χ2v) is 32.2. The number of aromatic carboxylic acids is 1. The summed E-state index contributed by atoms with van der Waals surface area (Å²) in [7, 11) is -8.79. The van der Waals surface area contributed by atoms with E-state index in [1.807, 2.05) is 0 Å². The van der Waals surface area contributed by atoms with E-state index in [2.05, 4.69) is 63.5 Å². The van der Waals surface area contributed by atoms with Crippen LogP contribution in [0.25, 0.3) is 5.57 Å². The van der Waals surface area contributed by atoms with Gasteiger partial charge in [0.05, 0.1) is 33.3 Å². The van der Waals surface area contributed by atoms with Crippen molar-refractivity contribution in [2.75, 3.05) is 57.4 Å². The van der Waals surface area contributed by atoms with E-state index < -0.39 is 70.1 Å². The van der Waals surface area contributed by atoms with E-state index in [0.29, 0.717) is 16.7 Å². The molecule has 0 radical (unpaired) electrons. The fourth-order valence-electron chi connectivity index (χ4n) is 12.2. The standard InChI is InChI=1S/C56H55Cl2N6O19P3.H2/c57-42-27-41(47(58)46(55(68)69)45(42)44-39-25-33-8-3-19-62-21-5-10-37(48(33)62)50(39)80-51-38-11-6-22-63-20-4-9-34(49(38)63)26-40(44)51)54(67)60-28-31-12-14-32(15-13-31)52(65)59-18-24-77-23-2-1-7-35-29-64(56(70)61-53(35)66)43-17-16-36(79-43)30-78-86(82-72,83-81-71,84(73)74)85(75)76;/h12-15,25-27,29,36,43H,3-11,16-24,28,30H2,(H5-,59,60,61,65,66,67,68,69,70,71,72);1H/p+1/t36-,43+;/m0./s1. The quantitative estimate of drug-likeness (QED) is 0.0145. The van der Waals surface area contributed by atoms with Crippen LogP contribution in [-0.2, 0) is 76.2 Å². The van der Waals surface area contributed by atoms with Crippen LogP contribution >= 0.6 is 45.3 Å². The number of aromatic nitrogens is 2. The molecule has 30 heteroatoms. The van der Waals surface area contributed by atoms with Gasteiger partial charge >= 0.3 is 180 Å². The van der Waals surface area contributed by atoms with Crippen molar-refractivity contribution in [3.05, 3.63) is 151 Å². The summed E-state index contributed by atoms with van der Waals surface area (Å²) in [6.07, 6.45) is 6.32. The molecule has 4 atom stereocenters. The Morgan fingerprint density at radius 3 is 2.37 bits per heavy atom. The average molecular weight is 1280 g/mol. The first-order chi connectivity index (χ1) is 41.4. The van der Waals surface area contributed by atoms with Crippen molar-refractivity contribution < 1.29 is 83.5 Å².